The zero-order valence-electron chi connectivity index (χ0n) is 16.7. The SMILES string of the molecule is CC(=O)c1ccc(NC(=O)[C@H](C)OC(=O)CN2C(=O)CCOc3ccccc32)cc1. The lowest BCUT2D eigenvalue weighted by Crippen LogP contribution is -2.39. The molecule has 156 valence electrons. The van der Waals surface area contributed by atoms with E-state index < -0.39 is 18.0 Å². The molecule has 0 aromatic heterocycles. The van der Waals surface area contributed by atoms with Crippen molar-refractivity contribution < 1.29 is 28.7 Å². The molecule has 0 saturated carbocycles. The van der Waals surface area contributed by atoms with Gasteiger partial charge in [0.1, 0.15) is 12.3 Å². The number of carbonyl (C=O) groups excluding carboxylic acids is 4. The zero-order valence-corrected chi connectivity index (χ0v) is 16.7. The minimum atomic E-state index is -1.07. The standard InChI is InChI=1S/C22H22N2O6/c1-14(25)16-7-9-17(10-8-16)23-22(28)15(2)30-21(27)13-24-18-5-3-4-6-19(18)29-12-11-20(24)26/h3-10,15H,11-13H2,1-2H3,(H,23,28)/t15-/m0/s1. The lowest BCUT2D eigenvalue weighted by molar-refractivity contribution is -0.152. The second-order valence-electron chi connectivity index (χ2n) is 6.80. The number of amides is 2. The summed E-state index contributed by atoms with van der Waals surface area (Å²) in [7, 11) is 0. The highest BCUT2D eigenvalue weighted by Gasteiger charge is 2.27. The van der Waals surface area contributed by atoms with Gasteiger partial charge in [0.15, 0.2) is 11.9 Å². The Morgan fingerprint density at radius 2 is 1.83 bits per heavy atom. The molecule has 1 heterocycles. The summed E-state index contributed by atoms with van der Waals surface area (Å²) in [6, 6.07) is 13.3. The van der Waals surface area contributed by atoms with Crippen LogP contribution in [0.4, 0.5) is 11.4 Å². The van der Waals surface area contributed by atoms with E-state index in [2.05, 4.69) is 5.32 Å². The molecule has 1 aliphatic heterocycles. The van der Waals surface area contributed by atoms with Crippen LogP contribution >= 0.6 is 0 Å². The van der Waals surface area contributed by atoms with Crippen LogP contribution in [0.3, 0.4) is 0 Å². The third kappa shape index (κ3) is 5.02. The number of nitrogens with zero attached hydrogens (tertiary/aromatic N) is 1. The first kappa shape index (κ1) is 21.0. The number of esters is 1. The Morgan fingerprint density at radius 3 is 2.53 bits per heavy atom. The molecule has 2 amide bonds. The van der Waals surface area contributed by atoms with Crippen LogP contribution in [0.5, 0.6) is 5.75 Å². The van der Waals surface area contributed by atoms with Crippen molar-refractivity contribution in [2.45, 2.75) is 26.4 Å². The number of benzene rings is 2. The number of fused-ring (bicyclic) bond motifs is 1. The predicted molar refractivity (Wildman–Crippen MR) is 110 cm³/mol. The number of hydrogen-bond acceptors (Lipinski definition) is 6. The molecule has 3 rings (SSSR count). The van der Waals surface area contributed by atoms with Crippen molar-refractivity contribution >= 4 is 34.9 Å². The summed E-state index contributed by atoms with van der Waals surface area (Å²) < 4.78 is 10.8. The van der Waals surface area contributed by atoms with Crippen LogP contribution in [0, 0.1) is 0 Å². The van der Waals surface area contributed by atoms with E-state index >= 15 is 0 Å². The van der Waals surface area contributed by atoms with Crippen LogP contribution in [0.25, 0.3) is 0 Å². The van der Waals surface area contributed by atoms with Gasteiger partial charge in [0, 0.05) is 11.3 Å². The monoisotopic (exact) mass is 410 g/mol. The zero-order chi connectivity index (χ0) is 21.7. The van der Waals surface area contributed by atoms with Crippen LogP contribution in [-0.4, -0.2) is 42.8 Å². The summed E-state index contributed by atoms with van der Waals surface area (Å²) in [4.78, 5) is 49.7. The number of Topliss-reactive ketones (excluding diaryl/α,β-unsaturated/α-hetero) is 1. The van der Waals surface area contributed by atoms with Crippen molar-refractivity contribution in [2.24, 2.45) is 0 Å². The number of carbonyl (C=O) groups is 4. The van der Waals surface area contributed by atoms with E-state index in [-0.39, 0.29) is 31.3 Å². The van der Waals surface area contributed by atoms with Gasteiger partial charge in [0.25, 0.3) is 5.91 Å². The molecule has 0 radical (unpaired) electrons. The maximum absolute atomic E-state index is 12.4. The van der Waals surface area contributed by atoms with Gasteiger partial charge < -0.3 is 14.8 Å². The first-order valence-electron chi connectivity index (χ1n) is 9.48. The Labute approximate surface area is 173 Å². The quantitative estimate of drug-likeness (QED) is 0.580. The lowest BCUT2D eigenvalue weighted by atomic mass is 10.1. The Morgan fingerprint density at radius 1 is 1.13 bits per heavy atom. The molecule has 30 heavy (non-hydrogen) atoms. The lowest BCUT2D eigenvalue weighted by Gasteiger charge is -2.22. The van der Waals surface area contributed by atoms with Gasteiger partial charge in [-0.1, -0.05) is 12.1 Å². The van der Waals surface area contributed by atoms with Crippen LogP contribution in [-0.2, 0) is 19.1 Å². The number of para-hydroxylation sites is 2. The third-order valence-electron chi connectivity index (χ3n) is 4.55. The molecule has 0 unspecified atom stereocenters. The van der Waals surface area contributed by atoms with E-state index in [1.165, 1.54) is 18.7 Å². The third-order valence-corrected chi connectivity index (χ3v) is 4.55. The van der Waals surface area contributed by atoms with Gasteiger partial charge in [-0.2, -0.15) is 0 Å². The molecular formula is C22H22N2O6. The molecule has 2 aromatic rings. The van der Waals surface area contributed by atoms with Crippen molar-refractivity contribution in [3.8, 4) is 5.75 Å². The molecule has 1 atom stereocenters. The molecule has 2 aromatic carbocycles. The molecule has 1 aliphatic rings. The van der Waals surface area contributed by atoms with Gasteiger partial charge in [-0.3, -0.25) is 24.1 Å². The maximum Gasteiger partial charge on any atom is 0.326 e. The summed E-state index contributed by atoms with van der Waals surface area (Å²) >= 11 is 0. The molecule has 0 saturated heterocycles. The van der Waals surface area contributed by atoms with Gasteiger partial charge in [0.05, 0.1) is 18.7 Å². The largest absolute Gasteiger partial charge is 0.491 e. The van der Waals surface area contributed by atoms with Crippen molar-refractivity contribution in [1.29, 1.82) is 0 Å². The van der Waals surface area contributed by atoms with E-state index in [0.29, 0.717) is 22.7 Å². The molecule has 0 spiro atoms. The summed E-state index contributed by atoms with van der Waals surface area (Å²) in [6.45, 7) is 2.79. The summed E-state index contributed by atoms with van der Waals surface area (Å²) in [5, 5.41) is 2.62. The number of ether oxygens (including phenoxy) is 2. The number of rotatable bonds is 6. The number of hydrogen-bond donors (Lipinski definition) is 1. The van der Waals surface area contributed by atoms with E-state index in [0.717, 1.165) is 0 Å². The first-order valence-corrected chi connectivity index (χ1v) is 9.48. The van der Waals surface area contributed by atoms with Crippen LogP contribution in [0.1, 0.15) is 30.6 Å². The van der Waals surface area contributed by atoms with Crippen molar-refractivity contribution in [2.75, 3.05) is 23.4 Å². The fraction of sp³-hybridized carbons (Fsp3) is 0.273. The molecule has 1 N–H and O–H groups in total. The van der Waals surface area contributed by atoms with Gasteiger partial charge in [-0.05, 0) is 50.2 Å². The molecule has 8 heteroatoms. The van der Waals surface area contributed by atoms with Gasteiger partial charge >= 0.3 is 5.97 Å². The van der Waals surface area contributed by atoms with E-state index in [1.807, 2.05) is 0 Å². The highest BCUT2D eigenvalue weighted by atomic mass is 16.5. The Kier molecular flexibility index (Phi) is 6.46. The average Bonchev–Trinajstić information content (AvgIpc) is 2.87. The molecule has 0 aliphatic carbocycles. The summed E-state index contributed by atoms with van der Waals surface area (Å²) in [5.74, 6) is -1.07. The fourth-order valence-electron chi connectivity index (χ4n) is 2.94. The molecule has 0 fully saturated rings. The van der Waals surface area contributed by atoms with Gasteiger partial charge in [-0.15, -0.1) is 0 Å². The molecule has 8 nitrogen and oxygen atoms in total. The highest BCUT2D eigenvalue weighted by molar-refractivity contribution is 6.00. The Bertz CT molecular complexity index is 970. The predicted octanol–water partition coefficient (Wildman–Crippen LogP) is 2.58. The van der Waals surface area contributed by atoms with Crippen LogP contribution in [0.15, 0.2) is 48.5 Å². The van der Waals surface area contributed by atoms with Crippen LogP contribution in [0.2, 0.25) is 0 Å². The van der Waals surface area contributed by atoms with E-state index in [9.17, 15) is 19.2 Å². The number of nitrogens with one attached hydrogen (secondary N) is 1. The maximum atomic E-state index is 12.4. The van der Waals surface area contributed by atoms with Crippen LogP contribution < -0.4 is 15.0 Å². The number of ketones is 1. The first-order chi connectivity index (χ1) is 14.3. The van der Waals surface area contributed by atoms with Crippen molar-refractivity contribution in [1.82, 2.24) is 0 Å². The topological polar surface area (TPSA) is 102 Å². The van der Waals surface area contributed by atoms with Crippen molar-refractivity contribution in [3.05, 3.63) is 54.1 Å². The fourth-order valence-corrected chi connectivity index (χ4v) is 2.94. The smallest absolute Gasteiger partial charge is 0.326 e. The van der Waals surface area contributed by atoms with E-state index in [4.69, 9.17) is 9.47 Å². The minimum Gasteiger partial charge on any atom is -0.491 e. The van der Waals surface area contributed by atoms with Crippen molar-refractivity contribution in [3.63, 3.8) is 0 Å². The minimum absolute atomic E-state index is 0.0785. The Balaban J connectivity index is 1.60. The summed E-state index contributed by atoms with van der Waals surface area (Å²) in [5.41, 5.74) is 1.49. The van der Waals surface area contributed by atoms with Gasteiger partial charge in [-0.25, -0.2) is 0 Å². The average molecular weight is 410 g/mol. The normalized spacial score (nSPS) is 14.1. The molecule has 0 bridgehead atoms. The Hall–Kier alpha value is -3.68. The molecular weight excluding hydrogens is 388 g/mol. The van der Waals surface area contributed by atoms with E-state index in [1.54, 1.807) is 48.5 Å². The summed E-state index contributed by atoms with van der Waals surface area (Å²) in [6.07, 6.45) is -0.938. The highest BCUT2D eigenvalue weighted by Crippen LogP contribution is 2.30. The number of anilines is 2. The second kappa shape index (κ2) is 9.21. The van der Waals surface area contributed by atoms with Gasteiger partial charge in [0.2, 0.25) is 5.91 Å². The second-order valence-corrected chi connectivity index (χ2v) is 6.80.